The minimum absolute atomic E-state index is 0.103. The smallest absolute Gasteiger partial charge is 0.383 e. The van der Waals surface area contributed by atoms with Gasteiger partial charge in [0.1, 0.15) is 5.82 Å². The van der Waals surface area contributed by atoms with Gasteiger partial charge in [-0.05, 0) is 17.7 Å². The number of carbonyl (C=O) groups excluding carboxylic acids is 1. The van der Waals surface area contributed by atoms with Crippen LogP contribution >= 0.6 is 0 Å². The van der Waals surface area contributed by atoms with E-state index >= 15 is 0 Å². The predicted molar refractivity (Wildman–Crippen MR) is 67.6 cm³/mol. The van der Waals surface area contributed by atoms with Gasteiger partial charge in [0.05, 0.1) is 11.1 Å². The van der Waals surface area contributed by atoms with Crippen molar-refractivity contribution in [3.05, 3.63) is 47.7 Å². The molecule has 0 atom stereocenters. The molecule has 0 bridgehead atoms. The first kappa shape index (κ1) is 13.9. The molecule has 20 heavy (non-hydrogen) atoms. The summed E-state index contributed by atoms with van der Waals surface area (Å²) in [7, 11) is 0. The summed E-state index contributed by atoms with van der Waals surface area (Å²) in [5.74, 6) is -1.05. The van der Waals surface area contributed by atoms with Gasteiger partial charge in [-0.15, -0.1) is 0 Å². The zero-order chi connectivity index (χ0) is 14.9. The molecule has 1 heterocycles. The minimum Gasteiger partial charge on any atom is -0.383 e. The van der Waals surface area contributed by atoms with Crippen molar-refractivity contribution in [2.24, 2.45) is 5.73 Å². The third-order valence-electron chi connectivity index (χ3n) is 2.75. The summed E-state index contributed by atoms with van der Waals surface area (Å²) < 4.78 is 39.1. The van der Waals surface area contributed by atoms with Gasteiger partial charge in [-0.25, -0.2) is 4.98 Å². The van der Waals surface area contributed by atoms with Crippen molar-refractivity contribution in [3.8, 4) is 11.1 Å². The number of hydrogen-bond donors (Lipinski definition) is 2. The van der Waals surface area contributed by atoms with E-state index in [-0.39, 0.29) is 22.5 Å². The highest BCUT2D eigenvalue weighted by Crippen LogP contribution is 2.39. The highest BCUT2D eigenvalue weighted by molar-refractivity contribution is 6.02. The zero-order valence-corrected chi connectivity index (χ0v) is 10.1. The van der Waals surface area contributed by atoms with Crippen LogP contribution in [-0.4, -0.2) is 10.9 Å². The molecule has 1 aromatic carbocycles. The molecule has 1 aromatic heterocycles. The van der Waals surface area contributed by atoms with Gasteiger partial charge in [0, 0.05) is 11.8 Å². The summed E-state index contributed by atoms with van der Waals surface area (Å²) in [5, 5.41) is 0. The van der Waals surface area contributed by atoms with Crippen LogP contribution in [0.5, 0.6) is 0 Å². The second kappa shape index (κ2) is 4.84. The molecule has 0 fully saturated rings. The van der Waals surface area contributed by atoms with Crippen LogP contribution in [0.4, 0.5) is 19.0 Å². The van der Waals surface area contributed by atoms with Crippen LogP contribution in [-0.2, 0) is 6.18 Å². The molecular weight excluding hydrogens is 271 g/mol. The van der Waals surface area contributed by atoms with Gasteiger partial charge in [0.15, 0.2) is 0 Å². The minimum atomic E-state index is -4.58. The molecule has 2 rings (SSSR count). The molecular formula is C13H10F3N3O. The maximum absolute atomic E-state index is 13.0. The first-order valence-electron chi connectivity index (χ1n) is 5.53. The lowest BCUT2D eigenvalue weighted by Gasteiger charge is -2.15. The van der Waals surface area contributed by atoms with Crippen LogP contribution in [0.1, 0.15) is 15.9 Å². The number of hydrogen-bond acceptors (Lipinski definition) is 3. The van der Waals surface area contributed by atoms with Gasteiger partial charge in [0.25, 0.3) is 0 Å². The number of primary amides is 1. The van der Waals surface area contributed by atoms with Crippen molar-refractivity contribution in [1.29, 1.82) is 0 Å². The Kier molecular flexibility index (Phi) is 3.35. The van der Waals surface area contributed by atoms with Crippen LogP contribution < -0.4 is 11.5 Å². The quantitative estimate of drug-likeness (QED) is 0.887. The molecule has 0 radical (unpaired) electrons. The van der Waals surface area contributed by atoms with Crippen molar-refractivity contribution < 1.29 is 18.0 Å². The van der Waals surface area contributed by atoms with E-state index in [1.807, 2.05) is 0 Å². The van der Waals surface area contributed by atoms with E-state index in [0.29, 0.717) is 0 Å². The summed E-state index contributed by atoms with van der Waals surface area (Å²) in [6.45, 7) is 0. The second-order valence-electron chi connectivity index (χ2n) is 4.03. The van der Waals surface area contributed by atoms with E-state index in [1.165, 1.54) is 30.5 Å². The SMILES string of the molecule is NC(=O)c1ccnc(N)c1-c1ccccc1C(F)(F)F. The number of nitrogens with zero attached hydrogens (tertiary/aromatic N) is 1. The number of alkyl halides is 3. The monoisotopic (exact) mass is 281 g/mol. The molecule has 0 saturated carbocycles. The Hall–Kier alpha value is -2.57. The Bertz CT molecular complexity index is 668. The van der Waals surface area contributed by atoms with E-state index < -0.39 is 17.6 Å². The van der Waals surface area contributed by atoms with Crippen LogP contribution in [0.25, 0.3) is 11.1 Å². The van der Waals surface area contributed by atoms with Crippen molar-refractivity contribution in [2.75, 3.05) is 5.73 Å². The van der Waals surface area contributed by atoms with E-state index in [2.05, 4.69) is 4.98 Å². The molecule has 104 valence electrons. The van der Waals surface area contributed by atoms with Gasteiger partial charge < -0.3 is 11.5 Å². The average molecular weight is 281 g/mol. The largest absolute Gasteiger partial charge is 0.417 e. The summed E-state index contributed by atoms with van der Waals surface area (Å²) in [4.78, 5) is 15.1. The molecule has 1 amide bonds. The third-order valence-corrected chi connectivity index (χ3v) is 2.75. The van der Waals surface area contributed by atoms with Crippen LogP contribution in [0.2, 0.25) is 0 Å². The average Bonchev–Trinajstić information content (AvgIpc) is 2.37. The van der Waals surface area contributed by atoms with Crippen molar-refractivity contribution in [1.82, 2.24) is 4.98 Å². The molecule has 7 heteroatoms. The highest BCUT2D eigenvalue weighted by atomic mass is 19.4. The summed E-state index contributed by atoms with van der Waals surface area (Å²) in [5.41, 5.74) is 9.46. The Morgan fingerprint density at radius 1 is 1.15 bits per heavy atom. The summed E-state index contributed by atoms with van der Waals surface area (Å²) in [6.07, 6.45) is -3.36. The maximum atomic E-state index is 13.0. The van der Waals surface area contributed by atoms with Gasteiger partial charge >= 0.3 is 6.18 Å². The fourth-order valence-corrected chi connectivity index (χ4v) is 1.91. The normalized spacial score (nSPS) is 11.3. The number of nitrogen functional groups attached to an aromatic ring is 1. The summed E-state index contributed by atoms with van der Waals surface area (Å²) >= 11 is 0. The third kappa shape index (κ3) is 2.42. The van der Waals surface area contributed by atoms with Crippen molar-refractivity contribution in [2.45, 2.75) is 6.18 Å². The lowest BCUT2D eigenvalue weighted by molar-refractivity contribution is -0.137. The Morgan fingerprint density at radius 2 is 1.80 bits per heavy atom. The number of anilines is 1. The number of carbonyl (C=O) groups is 1. The van der Waals surface area contributed by atoms with E-state index in [1.54, 1.807) is 0 Å². The second-order valence-corrected chi connectivity index (χ2v) is 4.03. The molecule has 2 aromatic rings. The Labute approximate surface area is 112 Å². The fourth-order valence-electron chi connectivity index (χ4n) is 1.91. The molecule has 0 saturated heterocycles. The molecule has 0 aliphatic carbocycles. The fraction of sp³-hybridized carbons (Fsp3) is 0.0769. The van der Waals surface area contributed by atoms with E-state index in [9.17, 15) is 18.0 Å². The molecule has 0 aliphatic heterocycles. The number of amides is 1. The Morgan fingerprint density at radius 3 is 2.40 bits per heavy atom. The van der Waals surface area contributed by atoms with Crippen LogP contribution in [0.15, 0.2) is 36.5 Å². The topological polar surface area (TPSA) is 82.0 Å². The van der Waals surface area contributed by atoms with Gasteiger partial charge in [-0.3, -0.25) is 4.79 Å². The Balaban J connectivity index is 2.79. The van der Waals surface area contributed by atoms with Gasteiger partial charge in [-0.2, -0.15) is 13.2 Å². The number of rotatable bonds is 2. The standard InChI is InChI=1S/C13H10F3N3O/c14-13(15,16)9-4-2-1-3-7(9)10-8(12(18)20)5-6-19-11(10)17/h1-6H,(H2,17,19)(H2,18,20). The molecule has 4 nitrogen and oxygen atoms in total. The van der Waals surface area contributed by atoms with Crippen LogP contribution in [0, 0.1) is 0 Å². The van der Waals surface area contributed by atoms with Crippen LogP contribution in [0.3, 0.4) is 0 Å². The molecule has 0 spiro atoms. The first-order chi connectivity index (χ1) is 9.32. The summed E-state index contributed by atoms with van der Waals surface area (Å²) in [6, 6.07) is 6.04. The van der Waals surface area contributed by atoms with E-state index in [0.717, 1.165) is 6.07 Å². The number of pyridine rings is 1. The molecule has 0 aliphatic rings. The molecule has 4 N–H and O–H groups in total. The molecule has 0 unspecified atom stereocenters. The highest BCUT2D eigenvalue weighted by Gasteiger charge is 2.34. The van der Waals surface area contributed by atoms with Crippen molar-refractivity contribution >= 4 is 11.7 Å². The van der Waals surface area contributed by atoms with Gasteiger partial charge in [-0.1, -0.05) is 18.2 Å². The first-order valence-corrected chi connectivity index (χ1v) is 5.53. The predicted octanol–water partition coefficient (Wildman–Crippen LogP) is 2.45. The van der Waals surface area contributed by atoms with Crippen molar-refractivity contribution in [3.63, 3.8) is 0 Å². The lowest BCUT2D eigenvalue weighted by atomic mass is 9.95. The number of nitrogens with two attached hydrogens (primary N) is 2. The zero-order valence-electron chi connectivity index (χ0n) is 10.1. The van der Waals surface area contributed by atoms with E-state index in [4.69, 9.17) is 11.5 Å². The number of aromatic nitrogens is 1. The lowest BCUT2D eigenvalue weighted by Crippen LogP contribution is -2.15. The number of halogens is 3. The maximum Gasteiger partial charge on any atom is 0.417 e. The number of benzene rings is 1. The van der Waals surface area contributed by atoms with Gasteiger partial charge in [0.2, 0.25) is 5.91 Å².